The molecule has 0 saturated heterocycles. The van der Waals surface area contributed by atoms with Gasteiger partial charge in [-0.15, -0.1) is 0 Å². The van der Waals surface area contributed by atoms with E-state index < -0.39 is 26.4 Å². The summed E-state index contributed by atoms with van der Waals surface area (Å²) >= 11 is 5.65. The van der Waals surface area contributed by atoms with Gasteiger partial charge in [-0.05, 0) is 18.6 Å². The molecular weight excluding hydrogens is 332 g/mol. The van der Waals surface area contributed by atoms with Gasteiger partial charge < -0.3 is 5.32 Å². The summed E-state index contributed by atoms with van der Waals surface area (Å²) in [7, 11) is -3.48. The Kier molecular flexibility index (Phi) is 6.76. The summed E-state index contributed by atoms with van der Waals surface area (Å²) in [4.78, 5) is 21.8. The summed E-state index contributed by atoms with van der Waals surface area (Å²) in [5, 5.41) is 13.0. The molecule has 0 aliphatic carbocycles. The molecule has 0 atom stereocenters. The molecule has 1 N–H and O–H groups in total. The number of anilines is 1. The fourth-order valence-electron chi connectivity index (χ4n) is 1.77. The maximum atomic E-state index is 11.7. The number of hydrogen-bond acceptors (Lipinski definition) is 5. The smallest absolute Gasteiger partial charge is 0.289 e. The molecule has 7 nitrogen and oxygen atoms in total. The highest BCUT2D eigenvalue weighted by Crippen LogP contribution is 2.27. The first-order chi connectivity index (χ1) is 10.2. The quantitative estimate of drug-likeness (QED) is 0.441. The van der Waals surface area contributed by atoms with Crippen LogP contribution in [0.4, 0.5) is 11.4 Å². The van der Waals surface area contributed by atoms with Crippen LogP contribution in [0.1, 0.15) is 26.2 Å². The molecule has 0 heterocycles. The van der Waals surface area contributed by atoms with Crippen molar-refractivity contribution in [3.63, 3.8) is 0 Å². The van der Waals surface area contributed by atoms with Gasteiger partial charge in [0.1, 0.15) is 10.8 Å². The maximum Gasteiger partial charge on any atom is 0.289 e. The van der Waals surface area contributed by atoms with Crippen molar-refractivity contribution in [2.24, 2.45) is 0 Å². The van der Waals surface area contributed by atoms with Gasteiger partial charge >= 0.3 is 0 Å². The molecule has 0 bridgehead atoms. The number of sulfone groups is 1. The molecule has 1 amide bonds. The van der Waals surface area contributed by atoms with Crippen LogP contribution in [0, 0.1) is 10.1 Å². The second kappa shape index (κ2) is 8.09. The van der Waals surface area contributed by atoms with Crippen molar-refractivity contribution in [2.75, 3.05) is 16.8 Å². The Labute approximate surface area is 133 Å². The summed E-state index contributed by atoms with van der Waals surface area (Å²) in [6, 6.07) is 3.73. The second-order valence-electron chi connectivity index (χ2n) is 4.77. The zero-order chi connectivity index (χ0) is 16.8. The van der Waals surface area contributed by atoms with E-state index in [9.17, 15) is 23.3 Å². The lowest BCUT2D eigenvalue weighted by Gasteiger charge is -2.07. The lowest BCUT2D eigenvalue weighted by Crippen LogP contribution is -2.24. The summed E-state index contributed by atoms with van der Waals surface area (Å²) in [6.45, 7) is 1.95. The number of halogens is 1. The summed E-state index contributed by atoms with van der Waals surface area (Å²) < 4.78 is 23.5. The number of nitrogens with one attached hydrogen (secondary N) is 1. The molecule has 0 aliphatic heterocycles. The largest absolute Gasteiger partial charge is 0.325 e. The van der Waals surface area contributed by atoms with Gasteiger partial charge in [-0.25, -0.2) is 8.42 Å². The number of nitro groups is 1. The van der Waals surface area contributed by atoms with Crippen LogP contribution in [0.15, 0.2) is 18.2 Å². The van der Waals surface area contributed by atoms with Gasteiger partial charge in [0.25, 0.3) is 5.69 Å². The third-order valence-electron chi connectivity index (χ3n) is 2.84. The first kappa shape index (κ1) is 18.4. The minimum Gasteiger partial charge on any atom is -0.325 e. The number of amides is 1. The minimum absolute atomic E-state index is 0.0466. The maximum absolute atomic E-state index is 11.7. The number of hydrogen-bond donors (Lipinski definition) is 1. The highest BCUT2D eigenvalue weighted by molar-refractivity contribution is 7.92. The molecule has 0 saturated carbocycles. The monoisotopic (exact) mass is 348 g/mol. The van der Waals surface area contributed by atoms with Crippen LogP contribution in [0.2, 0.25) is 5.02 Å². The van der Waals surface area contributed by atoms with Gasteiger partial charge in [-0.1, -0.05) is 31.4 Å². The molecule has 9 heteroatoms. The van der Waals surface area contributed by atoms with Crippen LogP contribution in [0.25, 0.3) is 0 Å². The van der Waals surface area contributed by atoms with Crippen molar-refractivity contribution in [3.8, 4) is 0 Å². The van der Waals surface area contributed by atoms with E-state index >= 15 is 0 Å². The molecule has 1 aromatic rings. The molecule has 0 radical (unpaired) electrons. The number of carbonyl (C=O) groups is 1. The number of benzene rings is 1. The van der Waals surface area contributed by atoms with Gasteiger partial charge in [0.2, 0.25) is 5.91 Å². The third kappa shape index (κ3) is 5.98. The Bertz CT molecular complexity index is 660. The lowest BCUT2D eigenvalue weighted by atomic mass is 10.3. The Morgan fingerprint density at radius 1 is 1.36 bits per heavy atom. The Morgan fingerprint density at radius 3 is 2.64 bits per heavy atom. The van der Waals surface area contributed by atoms with E-state index in [0.717, 1.165) is 18.9 Å². The summed E-state index contributed by atoms with van der Waals surface area (Å²) in [5.41, 5.74) is -0.227. The molecule has 1 rings (SSSR count). The number of carbonyl (C=O) groups excluding carboxylic acids is 1. The van der Waals surface area contributed by atoms with Crippen LogP contribution in [-0.4, -0.2) is 30.8 Å². The van der Waals surface area contributed by atoms with Gasteiger partial charge in [0, 0.05) is 11.8 Å². The van der Waals surface area contributed by atoms with E-state index in [0.29, 0.717) is 6.42 Å². The van der Waals surface area contributed by atoms with E-state index in [1.54, 1.807) is 0 Å². The number of nitrogens with zero attached hydrogens (tertiary/aromatic N) is 1. The van der Waals surface area contributed by atoms with E-state index in [1.807, 2.05) is 6.92 Å². The van der Waals surface area contributed by atoms with Crippen molar-refractivity contribution < 1.29 is 18.1 Å². The van der Waals surface area contributed by atoms with Crippen molar-refractivity contribution in [3.05, 3.63) is 33.3 Å². The average Bonchev–Trinajstić information content (AvgIpc) is 2.40. The molecule has 0 fully saturated rings. The molecule has 122 valence electrons. The van der Waals surface area contributed by atoms with Gasteiger partial charge in [-0.3, -0.25) is 14.9 Å². The fraction of sp³-hybridized carbons (Fsp3) is 0.462. The standard InChI is InChI=1S/C13H17ClN2O5S/c1-2-3-4-7-22(20,21)9-13(17)15-10-5-6-11(14)12(8-10)16(18)19/h5-6,8H,2-4,7,9H2,1H3,(H,15,17). The molecule has 22 heavy (non-hydrogen) atoms. The molecule has 0 spiro atoms. The van der Waals surface area contributed by atoms with Crippen molar-refractivity contribution in [1.82, 2.24) is 0 Å². The zero-order valence-electron chi connectivity index (χ0n) is 12.0. The first-order valence-corrected chi connectivity index (χ1v) is 8.89. The zero-order valence-corrected chi connectivity index (χ0v) is 13.6. The van der Waals surface area contributed by atoms with Crippen LogP contribution < -0.4 is 5.32 Å². The van der Waals surface area contributed by atoms with Crippen LogP contribution in [0.5, 0.6) is 0 Å². The molecule has 0 aliphatic rings. The van der Waals surface area contributed by atoms with E-state index in [1.165, 1.54) is 12.1 Å². The van der Waals surface area contributed by atoms with Crippen molar-refractivity contribution in [1.29, 1.82) is 0 Å². The van der Waals surface area contributed by atoms with Gasteiger partial charge in [0.15, 0.2) is 9.84 Å². The Balaban J connectivity index is 2.69. The third-order valence-corrected chi connectivity index (χ3v) is 4.77. The molecular formula is C13H17ClN2O5S. The summed E-state index contributed by atoms with van der Waals surface area (Å²) in [6.07, 6.45) is 2.18. The molecule has 0 unspecified atom stereocenters. The van der Waals surface area contributed by atoms with Crippen LogP contribution >= 0.6 is 11.6 Å². The van der Waals surface area contributed by atoms with Crippen molar-refractivity contribution >= 4 is 38.7 Å². The second-order valence-corrected chi connectivity index (χ2v) is 7.36. The predicted octanol–water partition coefficient (Wildman–Crippen LogP) is 2.79. The normalized spacial score (nSPS) is 11.2. The fourth-order valence-corrected chi connectivity index (χ4v) is 3.22. The Hall–Kier alpha value is -1.67. The first-order valence-electron chi connectivity index (χ1n) is 6.69. The topological polar surface area (TPSA) is 106 Å². The van der Waals surface area contributed by atoms with Gasteiger partial charge in [-0.2, -0.15) is 0 Å². The minimum atomic E-state index is -3.48. The van der Waals surface area contributed by atoms with Crippen LogP contribution in [-0.2, 0) is 14.6 Å². The van der Waals surface area contributed by atoms with E-state index in [2.05, 4.69) is 5.32 Å². The van der Waals surface area contributed by atoms with Gasteiger partial charge in [0.05, 0.1) is 10.7 Å². The number of unbranched alkanes of at least 4 members (excludes halogenated alkanes) is 2. The average molecular weight is 349 g/mol. The Morgan fingerprint density at radius 2 is 2.05 bits per heavy atom. The number of nitro benzene ring substituents is 1. The predicted molar refractivity (Wildman–Crippen MR) is 84.9 cm³/mol. The SMILES string of the molecule is CCCCCS(=O)(=O)CC(=O)Nc1ccc(Cl)c([N+](=O)[O-])c1. The molecule has 1 aromatic carbocycles. The van der Waals surface area contributed by atoms with E-state index in [-0.39, 0.29) is 22.2 Å². The highest BCUT2D eigenvalue weighted by atomic mass is 35.5. The summed E-state index contributed by atoms with van der Waals surface area (Å²) in [5.74, 6) is -1.42. The lowest BCUT2D eigenvalue weighted by molar-refractivity contribution is -0.384. The van der Waals surface area contributed by atoms with Crippen molar-refractivity contribution in [2.45, 2.75) is 26.2 Å². The van der Waals surface area contributed by atoms with E-state index in [4.69, 9.17) is 11.6 Å². The highest BCUT2D eigenvalue weighted by Gasteiger charge is 2.18. The molecule has 0 aromatic heterocycles. The number of rotatable bonds is 8. The van der Waals surface area contributed by atoms with Crippen LogP contribution in [0.3, 0.4) is 0 Å².